The summed E-state index contributed by atoms with van der Waals surface area (Å²) >= 11 is 0. The second kappa shape index (κ2) is 7.62. The monoisotopic (exact) mass is 414 g/mol. The number of nitrogens with zero attached hydrogens (tertiary/aromatic N) is 5. The van der Waals surface area contributed by atoms with E-state index in [1.54, 1.807) is 28.8 Å². The molecule has 0 unspecified atom stereocenters. The third-order valence-corrected chi connectivity index (χ3v) is 4.58. The Labute approximate surface area is 169 Å². The number of fused-ring (bicyclic) bond motifs is 1. The molecule has 0 fully saturated rings. The standard InChI is InChI=1S/C20H17F3N6O/c1-13-5-7-14(8-6-13)29-18(20(21,22)23)15(12-25-29)19(30)24-10-9-17-27-26-16-4-2-3-11-28(16)17/h2-8,11-12H,9-10H2,1H3,(H,24,30). The van der Waals surface area contributed by atoms with Gasteiger partial charge in [0.1, 0.15) is 5.82 Å². The maximum Gasteiger partial charge on any atom is 0.434 e. The van der Waals surface area contributed by atoms with Crippen molar-refractivity contribution in [2.24, 2.45) is 0 Å². The minimum atomic E-state index is -4.75. The lowest BCUT2D eigenvalue weighted by molar-refractivity contribution is -0.143. The van der Waals surface area contributed by atoms with Gasteiger partial charge in [0.25, 0.3) is 5.91 Å². The van der Waals surface area contributed by atoms with Gasteiger partial charge in [0, 0.05) is 19.2 Å². The maximum absolute atomic E-state index is 13.7. The second-order valence-electron chi connectivity index (χ2n) is 6.70. The third-order valence-electron chi connectivity index (χ3n) is 4.58. The molecule has 1 aromatic carbocycles. The molecule has 3 heterocycles. The molecule has 4 aromatic rings. The highest BCUT2D eigenvalue weighted by atomic mass is 19.4. The Bertz CT molecular complexity index is 1190. The molecule has 4 rings (SSSR count). The first-order chi connectivity index (χ1) is 14.3. The summed E-state index contributed by atoms with van der Waals surface area (Å²) in [7, 11) is 0. The maximum atomic E-state index is 13.7. The van der Waals surface area contributed by atoms with E-state index < -0.39 is 23.3 Å². The Kier molecular flexibility index (Phi) is 4.98. The summed E-state index contributed by atoms with van der Waals surface area (Å²) in [5.41, 5.74) is 0.129. The van der Waals surface area contributed by atoms with Crippen molar-refractivity contribution < 1.29 is 18.0 Å². The second-order valence-corrected chi connectivity index (χ2v) is 6.70. The first kappa shape index (κ1) is 19.6. The molecule has 1 N–H and O–H groups in total. The van der Waals surface area contributed by atoms with Gasteiger partial charge in [-0.2, -0.15) is 18.3 Å². The van der Waals surface area contributed by atoms with Crippen LogP contribution in [0.1, 0.15) is 27.4 Å². The van der Waals surface area contributed by atoms with Gasteiger partial charge in [0.05, 0.1) is 17.4 Å². The molecule has 0 spiro atoms. The molecule has 0 aliphatic carbocycles. The molecule has 10 heteroatoms. The molecule has 154 valence electrons. The largest absolute Gasteiger partial charge is 0.434 e. The third kappa shape index (κ3) is 3.76. The number of aromatic nitrogens is 5. The minimum Gasteiger partial charge on any atom is -0.351 e. The molecular weight excluding hydrogens is 397 g/mol. The van der Waals surface area contributed by atoms with Crippen molar-refractivity contribution >= 4 is 11.6 Å². The van der Waals surface area contributed by atoms with Crippen LogP contribution in [0.3, 0.4) is 0 Å². The van der Waals surface area contributed by atoms with Crippen LogP contribution in [-0.2, 0) is 12.6 Å². The van der Waals surface area contributed by atoms with Crippen LogP contribution < -0.4 is 5.32 Å². The molecule has 0 saturated heterocycles. The van der Waals surface area contributed by atoms with Gasteiger partial charge in [-0.05, 0) is 31.2 Å². The average molecular weight is 414 g/mol. The van der Waals surface area contributed by atoms with Gasteiger partial charge in [0.2, 0.25) is 0 Å². The van der Waals surface area contributed by atoms with E-state index in [-0.39, 0.29) is 12.2 Å². The highest BCUT2D eigenvalue weighted by molar-refractivity contribution is 5.95. The highest BCUT2D eigenvalue weighted by Crippen LogP contribution is 2.33. The first-order valence-corrected chi connectivity index (χ1v) is 9.13. The van der Waals surface area contributed by atoms with Crippen LogP contribution in [-0.4, -0.2) is 36.8 Å². The molecular formula is C20H17F3N6O. The van der Waals surface area contributed by atoms with Crippen LogP contribution in [0.4, 0.5) is 13.2 Å². The molecule has 30 heavy (non-hydrogen) atoms. The van der Waals surface area contributed by atoms with E-state index in [4.69, 9.17) is 0 Å². The smallest absolute Gasteiger partial charge is 0.351 e. The molecule has 3 aromatic heterocycles. The van der Waals surface area contributed by atoms with Gasteiger partial charge in [-0.25, -0.2) is 4.68 Å². The number of amides is 1. The fourth-order valence-electron chi connectivity index (χ4n) is 3.11. The molecule has 0 bridgehead atoms. The average Bonchev–Trinajstić information content (AvgIpc) is 3.33. The Morgan fingerprint density at radius 2 is 1.87 bits per heavy atom. The van der Waals surface area contributed by atoms with Crippen molar-refractivity contribution in [2.45, 2.75) is 19.5 Å². The van der Waals surface area contributed by atoms with Crippen molar-refractivity contribution in [3.05, 3.63) is 77.5 Å². The molecule has 7 nitrogen and oxygen atoms in total. The van der Waals surface area contributed by atoms with Crippen molar-refractivity contribution in [1.29, 1.82) is 0 Å². The van der Waals surface area contributed by atoms with Crippen LogP contribution >= 0.6 is 0 Å². The number of carbonyl (C=O) groups is 1. The normalized spacial score (nSPS) is 11.7. The Balaban J connectivity index is 1.54. The summed E-state index contributed by atoms with van der Waals surface area (Å²) in [6, 6.07) is 11.8. The van der Waals surface area contributed by atoms with Crippen molar-refractivity contribution in [1.82, 2.24) is 29.7 Å². The summed E-state index contributed by atoms with van der Waals surface area (Å²) in [6.07, 6.45) is -1.73. The number of rotatable bonds is 5. The number of halogens is 3. The zero-order valence-electron chi connectivity index (χ0n) is 15.9. The van der Waals surface area contributed by atoms with Gasteiger partial charge in [-0.15, -0.1) is 10.2 Å². The lowest BCUT2D eigenvalue weighted by Gasteiger charge is -2.13. The summed E-state index contributed by atoms with van der Waals surface area (Å²) in [5.74, 6) is -0.258. The minimum absolute atomic E-state index is 0.0987. The van der Waals surface area contributed by atoms with E-state index in [9.17, 15) is 18.0 Å². The molecule has 0 aliphatic heterocycles. The fourth-order valence-corrected chi connectivity index (χ4v) is 3.11. The van der Waals surface area contributed by atoms with Gasteiger partial charge in [0.15, 0.2) is 11.3 Å². The molecule has 1 amide bonds. The number of hydrogen-bond donors (Lipinski definition) is 1. The van der Waals surface area contributed by atoms with E-state index in [0.717, 1.165) is 16.4 Å². The Morgan fingerprint density at radius 1 is 1.10 bits per heavy atom. The summed E-state index contributed by atoms with van der Waals surface area (Å²) in [5, 5.41) is 14.4. The lowest BCUT2D eigenvalue weighted by atomic mass is 10.2. The molecule has 0 radical (unpaired) electrons. The van der Waals surface area contributed by atoms with Crippen LogP contribution in [0, 0.1) is 6.92 Å². The first-order valence-electron chi connectivity index (χ1n) is 9.13. The van der Waals surface area contributed by atoms with Crippen molar-refractivity contribution in [3.8, 4) is 5.69 Å². The Hall–Kier alpha value is -3.69. The van der Waals surface area contributed by atoms with E-state index in [0.29, 0.717) is 17.9 Å². The number of pyridine rings is 1. The predicted octanol–water partition coefficient (Wildman–Crippen LogP) is 3.21. The Morgan fingerprint density at radius 3 is 2.60 bits per heavy atom. The number of nitrogens with one attached hydrogen (secondary N) is 1. The van der Waals surface area contributed by atoms with Gasteiger partial charge in [-0.3, -0.25) is 9.20 Å². The summed E-state index contributed by atoms with van der Waals surface area (Å²) < 4.78 is 43.7. The predicted molar refractivity (Wildman–Crippen MR) is 102 cm³/mol. The SMILES string of the molecule is Cc1ccc(-n2ncc(C(=O)NCCc3nnc4ccccn34)c2C(F)(F)F)cc1. The quantitative estimate of drug-likeness (QED) is 0.544. The van der Waals surface area contributed by atoms with Gasteiger partial charge < -0.3 is 5.32 Å². The zero-order chi connectivity index (χ0) is 21.3. The van der Waals surface area contributed by atoms with E-state index in [1.165, 1.54) is 12.1 Å². The van der Waals surface area contributed by atoms with Gasteiger partial charge >= 0.3 is 6.18 Å². The number of hydrogen-bond acceptors (Lipinski definition) is 4. The van der Waals surface area contributed by atoms with Crippen LogP contribution in [0.2, 0.25) is 0 Å². The number of alkyl halides is 3. The van der Waals surface area contributed by atoms with Crippen molar-refractivity contribution in [2.75, 3.05) is 6.54 Å². The topological polar surface area (TPSA) is 77.1 Å². The van der Waals surface area contributed by atoms with Crippen LogP contribution in [0.15, 0.2) is 54.9 Å². The fraction of sp³-hybridized carbons (Fsp3) is 0.200. The van der Waals surface area contributed by atoms with Gasteiger partial charge in [-0.1, -0.05) is 23.8 Å². The van der Waals surface area contributed by atoms with Crippen LogP contribution in [0.25, 0.3) is 11.3 Å². The van der Waals surface area contributed by atoms with E-state index in [1.807, 2.05) is 19.1 Å². The van der Waals surface area contributed by atoms with E-state index in [2.05, 4.69) is 20.6 Å². The molecule has 0 aliphatic rings. The van der Waals surface area contributed by atoms with Crippen LogP contribution in [0.5, 0.6) is 0 Å². The highest BCUT2D eigenvalue weighted by Gasteiger charge is 2.40. The molecule has 0 saturated carbocycles. The molecule has 0 atom stereocenters. The number of benzene rings is 1. The van der Waals surface area contributed by atoms with E-state index >= 15 is 0 Å². The summed E-state index contributed by atoms with van der Waals surface area (Å²) in [4.78, 5) is 12.5. The summed E-state index contributed by atoms with van der Waals surface area (Å²) in [6.45, 7) is 1.93. The number of carbonyl (C=O) groups excluding carboxylic acids is 1. The van der Waals surface area contributed by atoms with Crippen molar-refractivity contribution in [3.63, 3.8) is 0 Å². The number of aryl methyl sites for hydroxylation is 1. The zero-order valence-corrected chi connectivity index (χ0v) is 15.9. The lowest BCUT2D eigenvalue weighted by Crippen LogP contribution is -2.28.